The van der Waals surface area contributed by atoms with Crippen molar-refractivity contribution in [2.45, 2.75) is 70.8 Å². The van der Waals surface area contributed by atoms with Crippen molar-refractivity contribution in [2.75, 3.05) is 0 Å². The molecule has 0 amide bonds. The van der Waals surface area contributed by atoms with Gasteiger partial charge in [-0.1, -0.05) is 107 Å². The highest BCUT2D eigenvalue weighted by molar-refractivity contribution is 5.52. The standard InChI is InChI=1S/C65H52N4O4/c1-7-38-65(6,55-16-14-47(41-66)49(39-55)43-68)73-61-36-23-54(24-37-61)64(4,5)52-19-32-59(33-20-52)71-57-27-12-46(13-28-57)9-8-45-10-25-56(26-11-45)70-58-30-17-51(18-31-58)63(2,3)53-21-34-60(35-22-53)72-62-29-15-48(42-67)50(40-62)44-69/h10-37,39-40H,7,38H2,1-6H3. The average molecular weight is 953 g/mol. The summed E-state index contributed by atoms with van der Waals surface area (Å²) in [5, 5.41) is 37.6. The van der Waals surface area contributed by atoms with Gasteiger partial charge in [0, 0.05) is 22.0 Å². The van der Waals surface area contributed by atoms with Crippen LogP contribution in [0.15, 0.2) is 182 Å². The summed E-state index contributed by atoms with van der Waals surface area (Å²) in [5.74, 6) is 11.2. The second-order valence-corrected chi connectivity index (χ2v) is 19.0. The molecule has 8 heteroatoms. The van der Waals surface area contributed by atoms with E-state index in [1.54, 1.807) is 30.3 Å². The van der Waals surface area contributed by atoms with Gasteiger partial charge in [-0.25, -0.2) is 0 Å². The summed E-state index contributed by atoms with van der Waals surface area (Å²) < 4.78 is 25.0. The van der Waals surface area contributed by atoms with Gasteiger partial charge in [0.25, 0.3) is 0 Å². The maximum atomic E-state index is 9.63. The van der Waals surface area contributed by atoms with Gasteiger partial charge >= 0.3 is 0 Å². The first-order valence-electron chi connectivity index (χ1n) is 24.0. The SMILES string of the molecule is CCCC(C)(Oc1ccc(C(C)(C)c2ccc(Oc3ccc(C#Cc4ccc(Oc5ccc(C(C)(C)c6ccc(Oc7ccc(C#N)c(C#N)c7)cc6)cc5)cc4)cc3)cc2)cc1)c1ccc(C#N)c(C#N)c1. The van der Waals surface area contributed by atoms with Crippen LogP contribution in [0.3, 0.4) is 0 Å². The van der Waals surface area contributed by atoms with Crippen molar-refractivity contribution in [1.82, 2.24) is 0 Å². The fraction of sp³-hybridized carbons (Fsp3) is 0.169. The minimum Gasteiger partial charge on any atom is -0.483 e. The minimum atomic E-state index is -0.670. The molecule has 0 heterocycles. The van der Waals surface area contributed by atoms with Crippen LogP contribution in [0, 0.1) is 57.2 Å². The molecule has 8 aromatic carbocycles. The van der Waals surface area contributed by atoms with E-state index in [1.165, 1.54) is 0 Å². The fourth-order valence-corrected chi connectivity index (χ4v) is 8.69. The fourth-order valence-electron chi connectivity index (χ4n) is 8.69. The number of hydrogen-bond acceptors (Lipinski definition) is 8. The van der Waals surface area contributed by atoms with E-state index in [2.05, 4.69) is 95.0 Å². The molecule has 73 heavy (non-hydrogen) atoms. The van der Waals surface area contributed by atoms with Gasteiger partial charge < -0.3 is 18.9 Å². The zero-order valence-electron chi connectivity index (χ0n) is 41.7. The summed E-state index contributed by atoms with van der Waals surface area (Å²) in [6, 6.07) is 66.3. The van der Waals surface area contributed by atoms with E-state index in [0.717, 1.165) is 69.0 Å². The lowest BCUT2D eigenvalue weighted by Gasteiger charge is -2.32. The van der Waals surface area contributed by atoms with Crippen molar-refractivity contribution < 1.29 is 18.9 Å². The highest BCUT2D eigenvalue weighted by Crippen LogP contribution is 2.38. The Morgan fingerprint density at radius 2 is 0.644 bits per heavy atom. The monoisotopic (exact) mass is 952 g/mol. The molecule has 356 valence electrons. The molecule has 8 nitrogen and oxygen atoms in total. The van der Waals surface area contributed by atoms with Crippen LogP contribution in [0.2, 0.25) is 0 Å². The molecule has 0 aromatic heterocycles. The van der Waals surface area contributed by atoms with Gasteiger partial charge in [0.1, 0.15) is 70.1 Å². The van der Waals surface area contributed by atoms with Crippen molar-refractivity contribution in [2.24, 2.45) is 0 Å². The summed E-state index contributed by atoms with van der Waals surface area (Å²) in [4.78, 5) is 0. The number of ether oxygens (including phenoxy) is 4. The molecule has 0 N–H and O–H groups in total. The van der Waals surface area contributed by atoms with E-state index < -0.39 is 5.60 Å². The van der Waals surface area contributed by atoms with Gasteiger partial charge in [-0.05, 0) is 169 Å². The zero-order valence-corrected chi connectivity index (χ0v) is 41.7. The Morgan fingerprint density at radius 1 is 0.342 bits per heavy atom. The van der Waals surface area contributed by atoms with Crippen molar-refractivity contribution in [3.05, 3.63) is 243 Å². The second kappa shape index (κ2) is 21.6. The van der Waals surface area contributed by atoms with Gasteiger partial charge in [0.2, 0.25) is 0 Å². The number of hydrogen-bond donors (Lipinski definition) is 0. The third-order valence-corrected chi connectivity index (χ3v) is 13.2. The molecule has 8 aromatic rings. The maximum Gasteiger partial charge on any atom is 0.131 e. The molecule has 8 rings (SSSR count). The van der Waals surface area contributed by atoms with Crippen LogP contribution >= 0.6 is 0 Å². The molecule has 0 fully saturated rings. The van der Waals surface area contributed by atoms with E-state index in [9.17, 15) is 21.0 Å². The van der Waals surface area contributed by atoms with E-state index in [0.29, 0.717) is 39.7 Å². The molecule has 0 saturated carbocycles. The molecular weight excluding hydrogens is 901 g/mol. The summed E-state index contributed by atoms with van der Waals surface area (Å²) in [5.41, 5.74) is 7.13. The predicted molar refractivity (Wildman–Crippen MR) is 284 cm³/mol. The van der Waals surface area contributed by atoms with Crippen molar-refractivity contribution in [3.8, 4) is 76.4 Å². The summed E-state index contributed by atoms with van der Waals surface area (Å²) in [6.07, 6.45) is 1.62. The summed E-state index contributed by atoms with van der Waals surface area (Å²) in [7, 11) is 0. The first-order valence-corrected chi connectivity index (χ1v) is 24.0. The van der Waals surface area contributed by atoms with Gasteiger partial charge in [0.05, 0.1) is 22.3 Å². The maximum absolute atomic E-state index is 9.63. The first-order chi connectivity index (χ1) is 35.2. The highest BCUT2D eigenvalue weighted by Gasteiger charge is 2.30. The van der Waals surface area contributed by atoms with Crippen molar-refractivity contribution >= 4 is 0 Å². The lowest BCUT2D eigenvalue weighted by atomic mass is 9.78. The third kappa shape index (κ3) is 11.6. The van der Waals surface area contributed by atoms with Crippen LogP contribution in [0.1, 0.15) is 116 Å². The summed E-state index contributed by atoms with van der Waals surface area (Å²) >= 11 is 0. The largest absolute Gasteiger partial charge is 0.483 e. The molecule has 0 saturated heterocycles. The number of benzene rings is 8. The lowest BCUT2D eigenvalue weighted by Crippen LogP contribution is -2.29. The average Bonchev–Trinajstić information content (AvgIpc) is 3.41. The molecule has 1 atom stereocenters. The molecular formula is C65H52N4O4. The number of nitriles is 4. The molecule has 0 spiro atoms. The van der Waals surface area contributed by atoms with Crippen LogP contribution in [0.5, 0.6) is 40.2 Å². The predicted octanol–water partition coefficient (Wildman–Crippen LogP) is 15.7. The first kappa shape index (κ1) is 49.9. The molecule has 0 aliphatic rings. The quantitative estimate of drug-likeness (QED) is 0.0928. The van der Waals surface area contributed by atoms with Crippen molar-refractivity contribution in [1.29, 1.82) is 21.0 Å². The van der Waals surface area contributed by atoms with Crippen LogP contribution < -0.4 is 18.9 Å². The van der Waals surface area contributed by atoms with Crippen LogP contribution in [0.25, 0.3) is 0 Å². The minimum absolute atomic E-state index is 0.278. The molecule has 0 radical (unpaired) electrons. The van der Waals surface area contributed by atoms with Gasteiger partial charge in [-0.3, -0.25) is 0 Å². The van der Waals surface area contributed by atoms with E-state index in [4.69, 9.17) is 18.9 Å². The van der Waals surface area contributed by atoms with Gasteiger partial charge in [-0.2, -0.15) is 21.0 Å². The van der Waals surface area contributed by atoms with Gasteiger partial charge in [-0.15, -0.1) is 0 Å². The van der Waals surface area contributed by atoms with Gasteiger partial charge in [0.15, 0.2) is 0 Å². The van der Waals surface area contributed by atoms with E-state index in [1.807, 2.05) is 134 Å². The Kier molecular flexibility index (Phi) is 14.8. The highest BCUT2D eigenvalue weighted by atomic mass is 16.5. The Balaban J connectivity index is 0.826. The molecule has 1 unspecified atom stereocenters. The molecule has 0 bridgehead atoms. The third-order valence-electron chi connectivity index (χ3n) is 13.2. The van der Waals surface area contributed by atoms with Crippen molar-refractivity contribution in [3.63, 3.8) is 0 Å². The van der Waals surface area contributed by atoms with Crippen LogP contribution in [-0.4, -0.2) is 0 Å². The Morgan fingerprint density at radius 3 is 1.01 bits per heavy atom. The Hall–Kier alpha value is -9.52. The summed E-state index contributed by atoms with van der Waals surface area (Å²) in [6.45, 7) is 12.9. The lowest BCUT2D eigenvalue weighted by molar-refractivity contribution is 0.0760. The normalized spacial score (nSPS) is 11.8. The number of nitrogens with zero attached hydrogens (tertiary/aromatic N) is 4. The Bertz CT molecular complexity index is 3490. The van der Waals surface area contributed by atoms with E-state index in [-0.39, 0.29) is 16.4 Å². The van der Waals surface area contributed by atoms with E-state index >= 15 is 0 Å². The topological polar surface area (TPSA) is 132 Å². The zero-order chi connectivity index (χ0) is 51.6. The second-order valence-electron chi connectivity index (χ2n) is 19.0. The van der Waals surface area contributed by atoms with Crippen LogP contribution in [-0.2, 0) is 16.4 Å². The van der Waals surface area contributed by atoms with Crippen LogP contribution in [0.4, 0.5) is 0 Å². The molecule has 0 aliphatic heterocycles. The smallest absolute Gasteiger partial charge is 0.131 e. The Labute approximate surface area is 428 Å². The number of rotatable bonds is 15. The molecule has 0 aliphatic carbocycles.